The predicted molar refractivity (Wildman–Crippen MR) is 71.3 cm³/mol. The molecule has 0 unspecified atom stereocenters. The minimum absolute atomic E-state index is 0.0353. The van der Waals surface area contributed by atoms with Crippen LogP contribution >= 0.6 is 34.8 Å². The molecule has 0 fully saturated rings. The Bertz CT molecular complexity index is 656. The fourth-order valence-corrected chi connectivity index (χ4v) is 2.08. The molecule has 1 heterocycles. The summed E-state index contributed by atoms with van der Waals surface area (Å²) in [7, 11) is 0. The molecule has 0 saturated carbocycles. The highest BCUT2D eigenvalue weighted by atomic mass is 35.5. The monoisotopic (exact) mass is 320 g/mol. The molecule has 0 saturated heterocycles. The lowest BCUT2D eigenvalue weighted by atomic mass is 10.1. The summed E-state index contributed by atoms with van der Waals surface area (Å²) in [6.45, 7) is 0. The lowest BCUT2D eigenvalue weighted by Crippen LogP contribution is -1.96. The highest BCUT2D eigenvalue weighted by Gasteiger charge is 2.20. The van der Waals surface area contributed by atoms with Crippen LogP contribution in [0.25, 0.3) is 11.3 Å². The molecule has 0 N–H and O–H groups in total. The first-order chi connectivity index (χ1) is 8.90. The molecule has 1 aromatic heterocycles. The third kappa shape index (κ3) is 2.78. The molecule has 0 amide bonds. The van der Waals surface area contributed by atoms with Crippen LogP contribution in [0.1, 0.15) is 0 Å². The number of rotatable bonds is 2. The van der Waals surface area contributed by atoms with Crippen molar-refractivity contribution in [3.05, 3.63) is 55.4 Å². The van der Waals surface area contributed by atoms with Gasteiger partial charge in [-0.3, -0.25) is 10.1 Å². The number of benzene rings is 1. The summed E-state index contributed by atoms with van der Waals surface area (Å²) in [5.74, 6) is -0.804. The van der Waals surface area contributed by atoms with E-state index in [4.69, 9.17) is 34.8 Å². The number of nitrogens with zero attached hydrogens (tertiary/aromatic N) is 2. The van der Waals surface area contributed by atoms with Crippen molar-refractivity contribution in [3.63, 3.8) is 0 Å². The van der Waals surface area contributed by atoms with Gasteiger partial charge in [0.2, 0.25) is 0 Å². The van der Waals surface area contributed by atoms with Crippen molar-refractivity contribution in [1.29, 1.82) is 0 Å². The Morgan fingerprint density at radius 1 is 1.16 bits per heavy atom. The molecule has 0 aliphatic rings. The molecule has 0 aliphatic carbocycles. The van der Waals surface area contributed by atoms with Crippen LogP contribution in [-0.2, 0) is 0 Å². The van der Waals surface area contributed by atoms with Crippen molar-refractivity contribution in [2.75, 3.05) is 0 Å². The quantitative estimate of drug-likeness (QED) is 0.455. The topological polar surface area (TPSA) is 56.0 Å². The smallest absolute Gasteiger partial charge is 0.258 e. The van der Waals surface area contributed by atoms with Gasteiger partial charge >= 0.3 is 0 Å². The molecule has 0 bridgehead atoms. The van der Waals surface area contributed by atoms with Gasteiger partial charge in [0.15, 0.2) is 0 Å². The second-order valence-electron chi connectivity index (χ2n) is 3.53. The van der Waals surface area contributed by atoms with Gasteiger partial charge in [-0.25, -0.2) is 9.37 Å². The van der Waals surface area contributed by atoms with Gasteiger partial charge < -0.3 is 0 Å². The maximum absolute atomic E-state index is 13.0. The molecule has 2 aromatic rings. The van der Waals surface area contributed by atoms with Gasteiger partial charge in [-0.1, -0.05) is 34.8 Å². The van der Waals surface area contributed by atoms with Gasteiger partial charge in [-0.05, 0) is 12.1 Å². The maximum Gasteiger partial charge on any atom is 0.298 e. The molecule has 98 valence electrons. The minimum atomic E-state index is -0.804. The Morgan fingerprint density at radius 2 is 1.74 bits per heavy atom. The molecule has 19 heavy (non-hydrogen) atoms. The lowest BCUT2D eigenvalue weighted by molar-refractivity contribution is -0.384. The first-order valence-electron chi connectivity index (χ1n) is 4.85. The van der Waals surface area contributed by atoms with Crippen molar-refractivity contribution in [2.45, 2.75) is 0 Å². The third-order valence-corrected chi connectivity index (χ3v) is 3.49. The lowest BCUT2D eigenvalue weighted by Gasteiger charge is -2.05. The molecular weight excluding hydrogens is 317 g/mol. The van der Waals surface area contributed by atoms with E-state index in [1.807, 2.05) is 0 Å². The van der Waals surface area contributed by atoms with Crippen molar-refractivity contribution < 1.29 is 9.31 Å². The molecule has 1 aromatic carbocycles. The molecule has 2 rings (SSSR count). The SMILES string of the molecule is O=[N+]([O-])c1cc(F)cnc1-c1cc(Cl)c(Cl)c(Cl)c1. The van der Waals surface area contributed by atoms with E-state index in [1.54, 1.807) is 0 Å². The van der Waals surface area contributed by atoms with Crippen LogP contribution in [0.3, 0.4) is 0 Å². The van der Waals surface area contributed by atoms with Crippen molar-refractivity contribution in [3.8, 4) is 11.3 Å². The number of hydrogen-bond acceptors (Lipinski definition) is 3. The zero-order valence-electron chi connectivity index (χ0n) is 9.03. The normalized spacial score (nSPS) is 10.5. The van der Waals surface area contributed by atoms with Gasteiger partial charge in [0.1, 0.15) is 11.5 Å². The second kappa shape index (κ2) is 5.28. The average molecular weight is 322 g/mol. The number of aromatic nitrogens is 1. The van der Waals surface area contributed by atoms with E-state index in [-0.39, 0.29) is 26.3 Å². The third-order valence-electron chi connectivity index (χ3n) is 2.29. The fourth-order valence-electron chi connectivity index (χ4n) is 1.48. The molecule has 0 radical (unpaired) electrons. The largest absolute Gasteiger partial charge is 0.298 e. The predicted octanol–water partition coefficient (Wildman–Crippen LogP) is 4.76. The van der Waals surface area contributed by atoms with Gasteiger partial charge in [0.05, 0.1) is 32.3 Å². The Balaban J connectivity index is 2.68. The van der Waals surface area contributed by atoms with E-state index >= 15 is 0 Å². The van der Waals surface area contributed by atoms with Crippen LogP contribution in [-0.4, -0.2) is 9.91 Å². The molecular formula is C11H4Cl3FN2O2. The summed E-state index contributed by atoms with van der Waals surface area (Å²) >= 11 is 17.5. The van der Waals surface area contributed by atoms with Crippen LogP contribution in [0, 0.1) is 15.9 Å². The highest BCUT2D eigenvalue weighted by molar-refractivity contribution is 6.48. The molecule has 0 aliphatic heterocycles. The van der Waals surface area contributed by atoms with E-state index in [0.29, 0.717) is 0 Å². The van der Waals surface area contributed by atoms with Gasteiger partial charge in [-0.15, -0.1) is 0 Å². The van der Waals surface area contributed by atoms with E-state index in [2.05, 4.69) is 4.98 Å². The molecule has 8 heteroatoms. The molecule has 0 atom stereocenters. The Hall–Kier alpha value is -1.43. The highest BCUT2D eigenvalue weighted by Crippen LogP contribution is 2.37. The van der Waals surface area contributed by atoms with Crippen LogP contribution in [0.5, 0.6) is 0 Å². The summed E-state index contributed by atoms with van der Waals surface area (Å²) in [5, 5.41) is 11.3. The standard InChI is InChI=1S/C11H4Cl3FN2O2/c12-7-1-5(2-8(13)10(7)14)11-9(17(18)19)3-6(15)4-16-11/h1-4H. The summed E-state index contributed by atoms with van der Waals surface area (Å²) in [4.78, 5) is 13.9. The van der Waals surface area contributed by atoms with E-state index in [9.17, 15) is 14.5 Å². The van der Waals surface area contributed by atoms with Gasteiger partial charge in [0.25, 0.3) is 5.69 Å². The van der Waals surface area contributed by atoms with Gasteiger partial charge in [0, 0.05) is 5.56 Å². The van der Waals surface area contributed by atoms with Crippen molar-refractivity contribution >= 4 is 40.5 Å². The Morgan fingerprint density at radius 3 is 2.26 bits per heavy atom. The van der Waals surface area contributed by atoms with E-state index < -0.39 is 16.4 Å². The van der Waals surface area contributed by atoms with Crippen LogP contribution in [0.4, 0.5) is 10.1 Å². The van der Waals surface area contributed by atoms with Crippen molar-refractivity contribution in [1.82, 2.24) is 4.98 Å². The molecule has 0 spiro atoms. The number of nitro groups is 1. The van der Waals surface area contributed by atoms with Crippen molar-refractivity contribution in [2.24, 2.45) is 0 Å². The second-order valence-corrected chi connectivity index (χ2v) is 4.72. The first-order valence-corrected chi connectivity index (χ1v) is 5.98. The fraction of sp³-hybridized carbons (Fsp3) is 0. The Kier molecular flexibility index (Phi) is 3.89. The van der Waals surface area contributed by atoms with Crippen LogP contribution in [0.2, 0.25) is 15.1 Å². The number of pyridine rings is 1. The average Bonchev–Trinajstić information content (AvgIpc) is 2.35. The first kappa shape index (κ1) is 14.0. The zero-order chi connectivity index (χ0) is 14.2. The van der Waals surface area contributed by atoms with Crippen LogP contribution < -0.4 is 0 Å². The van der Waals surface area contributed by atoms with E-state index in [0.717, 1.165) is 12.3 Å². The maximum atomic E-state index is 13.0. The number of hydrogen-bond donors (Lipinski definition) is 0. The summed E-state index contributed by atoms with van der Waals surface area (Å²) in [5.41, 5.74) is -0.229. The minimum Gasteiger partial charge on any atom is -0.258 e. The van der Waals surface area contributed by atoms with Gasteiger partial charge in [-0.2, -0.15) is 0 Å². The summed E-state index contributed by atoms with van der Waals surface area (Å²) < 4.78 is 13.0. The van der Waals surface area contributed by atoms with Crippen LogP contribution in [0.15, 0.2) is 24.4 Å². The summed E-state index contributed by atoms with van der Waals surface area (Å²) in [6, 6.07) is 3.53. The molecule has 4 nitrogen and oxygen atoms in total. The Labute approximate surface area is 121 Å². The zero-order valence-corrected chi connectivity index (χ0v) is 11.3. The number of halogens is 4. The van der Waals surface area contributed by atoms with E-state index in [1.165, 1.54) is 12.1 Å². The summed E-state index contributed by atoms with van der Waals surface area (Å²) in [6.07, 6.45) is 0.874.